The monoisotopic (exact) mass is 295 g/mol. The molecule has 1 heterocycles. The third-order valence-corrected chi connectivity index (χ3v) is 4.58. The van der Waals surface area contributed by atoms with E-state index in [0.717, 1.165) is 6.20 Å². The van der Waals surface area contributed by atoms with Crippen molar-refractivity contribution in [1.29, 1.82) is 0 Å². The Labute approximate surface area is 116 Å². The van der Waals surface area contributed by atoms with Gasteiger partial charge in [0, 0.05) is 11.9 Å². The molecule has 0 amide bonds. The summed E-state index contributed by atoms with van der Waals surface area (Å²) in [5.74, 6) is -0.740. The van der Waals surface area contributed by atoms with Gasteiger partial charge in [0.05, 0.1) is 16.8 Å². The zero-order chi connectivity index (χ0) is 14.9. The maximum absolute atomic E-state index is 13.5. The summed E-state index contributed by atoms with van der Waals surface area (Å²) in [5.41, 5.74) is 6.93. The Hall–Kier alpha value is -2.15. The van der Waals surface area contributed by atoms with Gasteiger partial charge in [-0.2, -0.15) is 0 Å². The number of sulfonamides is 1. The highest BCUT2D eigenvalue weighted by Crippen LogP contribution is 2.27. The van der Waals surface area contributed by atoms with E-state index in [4.69, 9.17) is 5.73 Å². The Bertz CT molecular complexity index is 760. The fourth-order valence-electron chi connectivity index (χ4n) is 1.91. The summed E-state index contributed by atoms with van der Waals surface area (Å²) in [6, 6.07) is 4.50. The lowest BCUT2D eigenvalue weighted by Gasteiger charge is -2.14. The maximum atomic E-state index is 13.5. The van der Waals surface area contributed by atoms with Crippen LogP contribution < -0.4 is 10.5 Å². The van der Waals surface area contributed by atoms with Crippen molar-refractivity contribution in [2.45, 2.75) is 18.7 Å². The van der Waals surface area contributed by atoms with Crippen molar-refractivity contribution in [3.8, 4) is 0 Å². The van der Waals surface area contributed by atoms with Gasteiger partial charge < -0.3 is 5.73 Å². The Balaban J connectivity index is 2.52. The van der Waals surface area contributed by atoms with E-state index in [0.29, 0.717) is 16.8 Å². The summed E-state index contributed by atoms with van der Waals surface area (Å²) < 4.78 is 40.5. The molecule has 0 saturated carbocycles. The lowest BCUT2D eigenvalue weighted by Crippen LogP contribution is -2.17. The number of aromatic nitrogens is 1. The molecule has 0 atom stereocenters. The minimum atomic E-state index is -3.92. The summed E-state index contributed by atoms with van der Waals surface area (Å²) >= 11 is 0. The molecule has 1 aromatic heterocycles. The first kappa shape index (κ1) is 14.3. The Morgan fingerprint density at radius 2 is 1.95 bits per heavy atom. The lowest BCUT2D eigenvalue weighted by atomic mass is 10.1. The Morgan fingerprint density at radius 1 is 1.25 bits per heavy atom. The van der Waals surface area contributed by atoms with E-state index in [-0.39, 0.29) is 10.6 Å². The third kappa shape index (κ3) is 2.57. The molecule has 106 valence electrons. The summed E-state index contributed by atoms with van der Waals surface area (Å²) in [6.07, 6.45) is 2.25. The normalized spacial score (nSPS) is 11.3. The number of hydrogen-bond donors (Lipinski definition) is 2. The molecular formula is C13H14FN3O2S. The van der Waals surface area contributed by atoms with Crippen LogP contribution in [0.3, 0.4) is 0 Å². The highest BCUT2D eigenvalue weighted by atomic mass is 32.2. The van der Waals surface area contributed by atoms with Gasteiger partial charge in [0.1, 0.15) is 0 Å². The number of hydrogen-bond acceptors (Lipinski definition) is 4. The van der Waals surface area contributed by atoms with Crippen LogP contribution in [0.15, 0.2) is 35.5 Å². The SMILES string of the molecule is Cc1ccc(N)c(C)c1S(=O)(=O)Nc1ccncc1F. The molecule has 0 fully saturated rings. The average molecular weight is 295 g/mol. The van der Waals surface area contributed by atoms with Gasteiger partial charge in [0.25, 0.3) is 10.0 Å². The highest BCUT2D eigenvalue weighted by molar-refractivity contribution is 7.92. The molecule has 0 spiro atoms. The quantitative estimate of drug-likeness (QED) is 0.850. The fraction of sp³-hybridized carbons (Fsp3) is 0.154. The minimum Gasteiger partial charge on any atom is -0.398 e. The molecule has 2 aromatic rings. The molecule has 0 saturated heterocycles. The van der Waals surface area contributed by atoms with Crippen molar-refractivity contribution in [2.75, 3.05) is 10.5 Å². The topological polar surface area (TPSA) is 85.1 Å². The predicted molar refractivity (Wildman–Crippen MR) is 75.3 cm³/mol. The second kappa shape index (κ2) is 5.09. The molecule has 3 N–H and O–H groups in total. The number of nitrogen functional groups attached to an aromatic ring is 1. The van der Waals surface area contributed by atoms with Gasteiger partial charge in [0.15, 0.2) is 5.82 Å². The number of anilines is 2. The molecular weight excluding hydrogens is 281 g/mol. The van der Waals surface area contributed by atoms with E-state index in [9.17, 15) is 12.8 Å². The van der Waals surface area contributed by atoms with E-state index in [2.05, 4.69) is 9.71 Å². The number of benzene rings is 1. The number of halogens is 1. The molecule has 0 aliphatic carbocycles. The second-order valence-electron chi connectivity index (χ2n) is 4.39. The van der Waals surface area contributed by atoms with Crippen LogP contribution in [0.2, 0.25) is 0 Å². The highest BCUT2D eigenvalue weighted by Gasteiger charge is 2.22. The van der Waals surface area contributed by atoms with E-state index < -0.39 is 15.8 Å². The van der Waals surface area contributed by atoms with Crippen LogP contribution in [-0.2, 0) is 10.0 Å². The van der Waals surface area contributed by atoms with Crippen LogP contribution in [-0.4, -0.2) is 13.4 Å². The number of nitrogens with one attached hydrogen (secondary N) is 1. The summed E-state index contributed by atoms with van der Waals surface area (Å²) in [4.78, 5) is 3.63. The van der Waals surface area contributed by atoms with Crippen molar-refractivity contribution in [3.05, 3.63) is 47.5 Å². The van der Waals surface area contributed by atoms with Crippen molar-refractivity contribution >= 4 is 21.4 Å². The van der Waals surface area contributed by atoms with Gasteiger partial charge in [0.2, 0.25) is 0 Å². The molecule has 5 nitrogen and oxygen atoms in total. The van der Waals surface area contributed by atoms with Crippen LogP contribution in [0.4, 0.5) is 15.8 Å². The lowest BCUT2D eigenvalue weighted by molar-refractivity contribution is 0.597. The Morgan fingerprint density at radius 3 is 2.60 bits per heavy atom. The van der Waals surface area contributed by atoms with Gasteiger partial charge in [-0.3, -0.25) is 9.71 Å². The van der Waals surface area contributed by atoms with Gasteiger partial charge in [-0.15, -0.1) is 0 Å². The van der Waals surface area contributed by atoms with Gasteiger partial charge in [-0.05, 0) is 37.1 Å². The number of aryl methyl sites for hydroxylation is 1. The zero-order valence-electron chi connectivity index (χ0n) is 11.0. The van der Waals surface area contributed by atoms with Crippen LogP contribution >= 0.6 is 0 Å². The summed E-state index contributed by atoms with van der Waals surface area (Å²) in [6.45, 7) is 3.27. The first-order valence-corrected chi connectivity index (χ1v) is 7.29. The summed E-state index contributed by atoms with van der Waals surface area (Å²) in [7, 11) is -3.92. The van der Waals surface area contributed by atoms with Crippen LogP contribution in [0.1, 0.15) is 11.1 Å². The largest absolute Gasteiger partial charge is 0.398 e. The molecule has 0 aliphatic heterocycles. The molecule has 0 unspecified atom stereocenters. The van der Waals surface area contributed by atoms with Crippen molar-refractivity contribution in [1.82, 2.24) is 4.98 Å². The predicted octanol–water partition coefficient (Wildman–Crippen LogP) is 2.22. The Kier molecular flexibility index (Phi) is 3.63. The van der Waals surface area contributed by atoms with E-state index in [1.165, 1.54) is 12.3 Å². The molecule has 0 bridgehead atoms. The number of nitrogens with two attached hydrogens (primary N) is 1. The van der Waals surface area contributed by atoms with E-state index in [1.54, 1.807) is 26.0 Å². The average Bonchev–Trinajstić information content (AvgIpc) is 2.37. The van der Waals surface area contributed by atoms with Crippen molar-refractivity contribution < 1.29 is 12.8 Å². The molecule has 7 heteroatoms. The minimum absolute atomic E-state index is 0.0636. The van der Waals surface area contributed by atoms with Crippen molar-refractivity contribution in [2.24, 2.45) is 0 Å². The van der Waals surface area contributed by atoms with E-state index in [1.807, 2.05) is 0 Å². The second-order valence-corrected chi connectivity index (χ2v) is 6.01. The number of nitrogens with zero attached hydrogens (tertiary/aromatic N) is 1. The fourth-order valence-corrected chi connectivity index (χ4v) is 3.48. The van der Waals surface area contributed by atoms with Gasteiger partial charge in [-0.25, -0.2) is 12.8 Å². The van der Waals surface area contributed by atoms with Gasteiger partial charge >= 0.3 is 0 Å². The van der Waals surface area contributed by atoms with Crippen molar-refractivity contribution in [3.63, 3.8) is 0 Å². The molecule has 2 rings (SSSR count). The molecule has 0 radical (unpaired) electrons. The van der Waals surface area contributed by atoms with Gasteiger partial charge in [-0.1, -0.05) is 6.07 Å². The standard InChI is InChI=1S/C13H14FN3O2S/c1-8-3-4-11(15)9(2)13(8)20(18,19)17-12-5-6-16-7-10(12)14/h3-7H,15H2,1-2H3,(H,16,17). The smallest absolute Gasteiger partial charge is 0.262 e. The molecule has 0 aliphatic rings. The number of pyridine rings is 1. The van der Waals surface area contributed by atoms with Crippen LogP contribution in [0.5, 0.6) is 0 Å². The maximum Gasteiger partial charge on any atom is 0.262 e. The molecule has 1 aromatic carbocycles. The van der Waals surface area contributed by atoms with Crippen LogP contribution in [0, 0.1) is 19.7 Å². The number of rotatable bonds is 3. The first-order chi connectivity index (χ1) is 9.33. The molecule has 20 heavy (non-hydrogen) atoms. The zero-order valence-corrected chi connectivity index (χ0v) is 11.8. The first-order valence-electron chi connectivity index (χ1n) is 5.81. The third-order valence-electron chi connectivity index (χ3n) is 2.93. The summed E-state index contributed by atoms with van der Waals surface area (Å²) in [5, 5.41) is 0. The van der Waals surface area contributed by atoms with E-state index >= 15 is 0 Å². The van der Waals surface area contributed by atoms with Crippen LogP contribution in [0.25, 0.3) is 0 Å².